The molecular weight excluding hydrogens is 297 g/mol. The number of nitrogens with one attached hydrogen (secondary N) is 2. The number of carbonyl (C=O) groups excluding carboxylic acids is 1. The Morgan fingerprint density at radius 2 is 2.00 bits per heavy atom. The lowest BCUT2D eigenvalue weighted by Crippen LogP contribution is -2.15. The molecule has 104 valence electrons. The van der Waals surface area contributed by atoms with Crippen LogP contribution in [-0.4, -0.2) is 16.1 Å². The lowest BCUT2D eigenvalue weighted by atomic mass is 9.96. The van der Waals surface area contributed by atoms with Gasteiger partial charge in [-0.25, -0.2) is 0 Å². The molecule has 20 heavy (non-hydrogen) atoms. The summed E-state index contributed by atoms with van der Waals surface area (Å²) in [5.74, 6) is -0.220. The molecule has 1 heterocycles. The molecule has 0 aliphatic heterocycles. The van der Waals surface area contributed by atoms with Crippen LogP contribution in [0.3, 0.4) is 0 Å². The van der Waals surface area contributed by atoms with Crippen LogP contribution in [0.25, 0.3) is 0 Å². The molecule has 2 N–H and O–H groups in total. The quantitative estimate of drug-likeness (QED) is 0.885. The molecule has 1 aromatic carbocycles. The average Bonchev–Trinajstić information content (AvgIpc) is 2.87. The SMILES string of the molecule is O=C(Nc1ccc(Cl)c(Cl)c1)c1n[nH]c2c1CCCC2. The minimum atomic E-state index is -0.220. The van der Waals surface area contributed by atoms with Gasteiger partial charge in [0.05, 0.1) is 10.0 Å². The highest BCUT2D eigenvalue weighted by atomic mass is 35.5. The van der Waals surface area contributed by atoms with Gasteiger partial charge in [0.25, 0.3) is 5.91 Å². The standard InChI is InChI=1S/C14H13Cl2N3O/c15-10-6-5-8(7-11(10)16)17-14(20)13-9-3-1-2-4-12(9)18-19-13/h5-7H,1-4H2,(H,17,20)(H,18,19). The number of nitrogens with zero attached hydrogens (tertiary/aromatic N) is 1. The van der Waals surface area contributed by atoms with Crippen LogP contribution in [0.2, 0.25) is 10.0 Å². The van der Waals surface area contributed by atoms with Crippen molar-refractivity contribution in [2.45, 2.75) is 25.7 Å². The van der Waals surface area contributed by atoms with Gasteiger partial charge in [0.1, 0.15) is 0 Å². The molecule has 4 nitrogen and oxygen atoms in total. The van der Waals surface area contributed by atoms with Crippen LogP contribution >= 0.6 is 23.2 Å². The van der Waals surface area contributed by atoms with Crippen molar-refractivity contribution in [3.8, 4) is 0 Å². The Morgan fingerprint density at radius 3 is 2.80 bits per heavy atom. The first-order valence-corrected chi connectivity index (χ1v) is 7.23. The van der Waals surface area contributed by atoms with Gasteiger partial charge in [-0.05, 0) is 43.9 Å². The van der Waals surface area contributed by atoms with Gasteiger partial charge < -0.3 is 5.32 Å². The first kappa shape index (κ1) is 13.5. The van der Waals surface area contributed by atoms with Crippen molar-refractivity contribution in [1.82, 2.24) is 10.2 Å². The first-order valence-electron chi connectivity index (χ1n) is 6.47. The molecule has 0 fully saturated rings. The maximum atomic E-state index is 12.3. The molecule has 2 aromatic rings. The maximum Gasteiger partial charge on any atom is 0.276 e. The monoisotopic (exact) mass is 309 g/mol. The van der Waals surface area contributed by atoms with Crippen LogP contribution < -0.4 is 5.32 Å². The van der Waals surface area contributed by atoms with E-state index >= 15 is 0 Å². The normalized spacial score (nSPS) is 13.9. The predicted octanol–water partition coefficient (Wildman–Crippen LogP) is 3.85. The van der Waals surface area contributed by atoms with Crippen molar-refractivity contribution in [2.24, 2.45) is 0 Å². The van der Waals surface area contributed by atoms with Gasteiger partial charge in [-0.2, -0.15) is 5.10 Å². The van der Waals surface area contributed by atoms with Gasteiger partial charge in [-0.15, -0.1) is 0 Å². The number of carbonyl (C=O) groups is 1. The largest absolute Gasteiger partial charge is 0.321 e. The number of anilines is 1. The van der Waals surface area contributed by atoms with E-state index in [2.05, 4.69) is 15.5 Å². The van der Waals surface area contributed by atoms with Crippen molar-refractivity contribution in [3.63, 3.8) is 0 Å². The molecule has 0 bridgehead atoms. The van der Waals surface area contributed by atoms with Crippen molar-refractivity contribution < 1.29 is 4.79 Å². The zero-order valence-corrected chi connectivity index (χ0v) is 12.2. The van der Waals surface area contributed by atoms with E-state index in [0.29, 0.717) is 21.4 Å². The molecule has 0 radical (unpaired) electrons. The van der Waals surface area contributed by atoms with Crippen LogP contribution in [-0.2, 0) is 12.8 Å². The number of benzene rings is 1. The molecule has 1 aliphatic carbocycles. The average molecular weight is 310 g/mol. The summed E-state index contributed by atoms with van der Waals surface area (Å²) in [5.41, 5.74) is 3.20. The zero-order chi connectivity index (χ0) is 14.1. The van der Waals surface area contributed by atoms with Crippen molar-refractivity contribution in [3.05, 3.63) is 45.2 Å². The number of halogens is 2. The van der Waals surface area contributed by atoms with Gasteiger partial charge in [0, 0.05) is 16.9 Å². The van der Waals surface area contributed by atoms with E-state index in [0.717, 1.165) is 36.9 Å². The summed E-state index contributed by atoms with van der Waals surface area (Å²) in [5, 5.41) is 10.8. The Morgan fingerprint density at radius 1 is 1.20 bits per heavy atom. The third kappa shape index (κ3) is 2.53. The van der Waals surface area contributed by atoms with Gasteiger partial charge in [-0.3, -0.25) is 9.89 Å². The molecule has 1 aromatic heterocycles. The van der Waals surface area contributed by atoms with Crippen molar-refractivity contribution >= 4 is 34.8 Å². The summed E-state index contributed by atoms with van der Waals surface area (Å²) in [7, 11) is 0. The molecule has 6 heteroatoms. The van der Waals surface area contributed by atoms with E-state index < -0.39 is 0 Å². The molecule has 3 rings (SSSR count). The highest BCUT2D eigenvalue weighted by molar-refractivity contribution is 6.42. The molecule has 0 unspecified atom stereocenters. The van der Waals surface area contributed by atoms with Crippen LogP contribution in [0.1, 0.15) is 34.6 Å². The number of amides is 1. The Kier molecular flexibility index (Phi) is 3.68. The molecule has 0 saturated carbocycles. The van der Waals surface area contributed by atoms with Crippen LogP contribution in [0.15, 0.2) is 18.2 Å². The van der Waals surface area contributed by atoms with E-state index in [1.165, 1.54) is 0 Å². The van der Waals surface area contributed by atoms with Crippen LogP contribution in [0.5, 0.6) is 0 Å². The molecule has 1 aliphatic rings. The number of aromatic amines is 1. The third-order valence-corrected chi connectivity index (χ3v) is 4.19. The number of rotatable bonds is 2. The fourth-order valence-electron chi connectivity index (χ4n) is 2.43. The Bertz CT molecular complexity index is 666. The van der Waals surface area contributed by atoms with E-state index in [-0.39, 0.29) is 5.91 Å². The first-order chi connectivity index (χ1) is 9.65. The summed E-state index contributed by atoms with van der Waals surface area (Å²) in [6.07, 6.45) is 4.10. The number of aromatic nitrogens is 2. The number of hydrogen-bond acceptors (Lipinski definition) is 2. The van der Waals surface area contributed by atoms with Crippen molar-refractivity contribution in [1.29, 1.82) is 0 Å². The summed E-state index contributed by atoms with van der Waals surface area (Å²) >= 11 is 11.8. The second-order valence-corrected chi connectivity index (χ2v) is 5.63. The molecular formula is C14H13Cl2N3O. The fourth-order valence-corrected chi connectivity index (χ4v) is 2.73. The summed E-state index contributed by atoms with van der Waals surface area (Å²) in [6, 6.07) is 4.99. The molecule has 0 saturated heterocycles. The third-order valence-electron chi connectivity index (χ3n) is 3.45. The fraction of sp³-hybridized carbons (Fsp3) is 0.286. The predicted molar refractivity (Wildman–Crippen MR) is 79.6 cm³/mol. The summed E-state index contributed by atoms with van der Waals surface area (Å²) < 4.78 is 0. The van der Waals surface area contributed by atoms with Gasteiger partial charge in [0.2, 0.25) is 0 Å². The highest BCUT2D eigenvalue weighted by Crippen LogP contribution is 2.26. The molecule has 1 amide bonds. The summed E-state index contributed by atoms with van der Waals surface area (Å²) in [4.78, 5) is 12.3. The minimum absolute atomic E-state index is 0.220. The Labute approximate surface area is 126 Å². The molecule has 0 atom stereocenters. The second-order valence-electron chi connectivity index (χ2n) is 4.82. The number of aryl methyl sites for hydroxylation is 1. The molecule has 0 spiro atoms. The van der Waals surface area contributed by atoms with E-state index in [9.17, 15) is 4.79 Å². The minimum Gasteiger partial charge on any atom is -0.321 e. The maximum absolute atomic E-state index is 12.3. The van der Waals surface area contributed by atoms with Crippen molar-refractivity contribution in [2.75, 3.05) is 5.32 Å². The Balaban J connectivity index is 1.82. The van der Waals surface area contributed by atoms with E-state index in [1.807, 2.05) is 0 Å². The highest BCUT2D eigenvalue weighted by Gasteiger charge is 2.21. The second kappa shape index (κ2) is 5.46. The van der Waals surface area contributed by atoms with E-state index in [1.54, 1.807) is 18.2 Å². The number of H-pyrrole nitrogens is 1. The number of fused-ring (bicyclic) bond motifs is 1. The van der Waals surface area contributed by atoms with Crippen LogP contribution in [0.4, 0.5) is 5.69 Å². The van der Waals surface area contributed by atoms with Crippen LogP contribution in [0, 0.1) is 0 Å². The smallest absolute Gasteiger partial charge is 0.276 e. The van der Waals surface area contributed by atoms with Gasteiger partial charge in [0.15, 0.2) is 5.69 Å². The lowest BCUT2D eigenvalue weighted by molar-refractivity contribution is 0.102. The topological polar surface area (TPSA) is 57.8 Å². The van der Waals surface area contributed by atoms with Gasteiger partial charge >= 0.3 is 0 Å². The lowest BCUT2D eigenvalue weighted by Gasteiger charge is -2.11. The Hall–Kier alpha value is -1.52. The zero-order valence-electron chi connectivity index (χ0n) is 10.7. The van der Waals surface area contributed by atoms with E-state index in [4.69, 9.17) is 23.2 Å². The summed E-state index contributed by atoms with van der Waals surface area (Å²) in [6.45, 7) is 0. The van der Waals surface area contributed by atoms with Gasteiger partial charge in [-0.1, -0.05) is 23.2 Å². The number of hydrogen-bond donors (Lipinski definition) is 2.